The summed E-state index contributed by atoms with van der Waals surface area (Å²) in [6, 6.07) is 10.9. The Hall–Kier alpha value is -3.22. The standard InChI is InChI=1S/C21H24N2O5/c1-13-5-14(2)7-16(6-13)23-12-19(28-21(23)25)11-22-20(24)15-8-17(26-3)10-18(9-15)27-4/h5-10,19H,11-12H2,1-4H3,(H,22,24). The van der Waals surface area contributed by atoms with E-state index in [4.69, 9.17) is 14.2 Å². The first-order chi connectivity index (χ1) is 13.4. The molecule has 1 aliphatic rings. The Balaban J connectivity index is 1.64. The van der Waals surface area contributed by atoms with E-state index >= 15 is 0 Å². The number of methoxy groups -OCH3 is 2. The van der Waals surface area contributed by atoms with Crippen LogP contribution < -0.4 is 19.7 Å². The highest BCUT2D eigenvalue weighted by Crippen LogP contribution is 2.25. The number of carbonyl (C=O) groups excluding carboxylic acids is 2. The number of ether oxygens (including phenoxy) is 3. The van der Waals surface area contributed by atoms with Crippen molar-refractivity contribution in [1.29, 1.82) is 0 Å². The average molecular weight is 384 g/mol. The van der Waals surface area contributed by atoms with E-state index in [0.717, 1.165) is 16.8 Å². The van der Waals surface area contributed by atoms with Gasteiger partial charge in [0.1, 0.15) is 17.6 Å². The van der Waals surface area contributed by atoms with E-state index in [1.54, 1.807) is 23.1 Å². The van der Waals surface area contributed by atoms with Gasteiger partial charge in [-0.05, 0) is 49.2 Å². The van der Waals surface area contributed by atoms with Crippen LogP contribution in [0.25, 0.3) is 0 Å². The summed E-state index contributed by atoms with van der Waals surface area (Å²) in [5.41, 5.74) is 3.36. The van der Waals surface area contributed by atoms with Gasteiger partial charge in [0.05, 0.1) is 27.3 Å². The van der Waals surface area contributed by atoms with Crippen LogP contribution in [0.1, 0.15) is 21.5 Å². The van der Waals surface area contributed by atoms with Crippen molar-refractivity contribution < 1.29 is 23.8 Å². The minimum Gasteiger partial charge on any atom is -0.497 e. The van der Waals surface area contributed by atoms with Crippen LogP contribution in [0, 0.1) is 13.8 Å². The first kappa shape index (κ1) is 19.5. The van der Waals surface area contributed by atoms with Gasteiger partial charge in [0.2, 0.25) is 0 Å². The van der Waals surface area contributed by atoms with Crippen molar-refractivity contribution in [3.8, 4) is 11.5 Å². The molecule has 3 rings (SSSR count). The van der Waals surface area contributed by atoms with Crippen molar-refractivity contribution in [1.82, 2.24) is 5.32 Å². The number of nitrogens with zero attached hydrogens (tertiary/aromatic N) is 1. The van der Waals surface area contributed by atoms with Gasteiger partial charge >= 0.3 is 6.09 Å². The Bertz CT molecular complexity index is 854. The number of rotatable bonds is 6. The number of aryl methyl sites for hydroxylation is 2. The fraction of sp³-hybridized carbons (Fsp3) is 0.333. The Morgan fingerprint density at radius 1 is 1.07 bits per heavy atom. The van der Waals surface area contributed by atoms with Gasteiger partial charge in [-0.3, -0.25) is 9.69 Å². The van der Waals surface area contributed by atoms with E-state index in [-0.39, 0.29) is 12.5 Å². The third kappa shape index (κ3) is 4.36. The quantitative estimate of drug-likeness (QED) is 0.828. The second kappa shape index (κ2) is 8.21. The fourth-order valence-corrected chi connectivity index (χ4v) is 3.19. The first-order valence-electron chi connectivity index (χ1n) is 8.97. The van der Waals surface area contributed by atoms with Crippen LogP contribution >= 0.6 is 0 Å². The summed E-state index contributed by atoms with van der Waals surface area (Å²) in [7, 11) is 3.05. The molecule has 0 aromatic heterocycles. The largest absolute Gasteiger partial charge is 0.497 e. The molecule has 0 saturated carbocycles. The maximum Gasteiger partial charge on any atom is 0.414 e. The maximum absolute atomic E-state index is 12.5. The molecule has 1 saturated heterocycles. The second-order valence-corrected chi connectivity index (χ2v) is 6.77. The minimum absolute atomic E-state index is 0.214. The predicted molar refractivity (Wildman–Crippen MR) is 105 cm³/mol. The number of carbonyl (C=O) groups is 2. The highest BCUT2D eigenvalue weighted by Gasteiger charge is 2.32. The number of anilines is 1. The molecule has 1 aliphatic heterocycles. The van der Waals surface area contributed by atoms with Crippen LogP contribution in [0.4, 0.5) is 10.5 Å². The summed E-state index contributed by atoms with van der Waals surface area (Å²) >= 11 is 0. The minimum atomic E-state index is -0.426. The van der Waals surface area contributed by atoms with Crippen molar-refractivity contribution in [2.75, 3.05) is 32.2 Å². The van der Waals surface area contributed by atoms with Crippen LogP contribution in [-0.4, -0.2) is 45.4 Å². The van der Waals surface area contributed by atoms with Crippen LogP contribution in [0.3, 0.4) is 0 Å². The predicted octanol–water partition coefficient (Wildman–Crippen LogP) is 3.08. The molecule has 7 nitrogen and oxygen atoms in total. The summed E-state index contributed by atoms with van der Waals surface area (Å²) in [5.74, 6) is 0.758. The summed E-state index contributed by atoms with van der Waals surface area (Å²) in [6.45, 7) is 4.56. The number of nitrogens with one attached hydrogen (secondary N) is 1. The molecular weight excluding hydrogens is 360 g/mol. The summed E-state index contributed by atoms with van der Waals surface area (Å²) < 4.78 is 15.8. The van der Waals surface area contributed by atoms with Gasteiger partial charge in [-0.2, -0.15) is 0 Å². The van der Waals surface area contributed by atoms with Gasteiger partial charge in [-0.15, -0.1) is 0 Å². The smallest absolute Gasteiger partial charge is 0.414 e. The van der Waals surface area contributed by atoms with E-state index in [1.807, 2.05) is 32.0 Å². The van der Waals surface area contributed by atoms with Crippen molar-refractivity contribution in [3.63, 3.8) is 0 Å². The Morgan fingerprint density at radius 3 is 2.25 bits per heavy atom. The first-order valence-corrected chi connectivity index (χ1v) is 8.97. The number of benzene rings is 2. The molecule has 0 bridgehead atoms. The zero-order chi connectivity index (χ0) is 20.3. The lowest BCUT2D eigenvalue weighted by Gasteiger charge is -2.15. The molecule has 28 heavy (non-hydrogen) atoms. The van der Waals surface area contributed by atoms with E-state index in [2.05, 4.69) is 5.32 Å². The maximum atomic E-state index is 12.5. The lowest BCUT2D eigenvalue weighted by atomic mass is 10.1. The van der Waals surface area contributed by atoms with Crippen LogP contribution in [0.15, 0.2) is 36.4 Å². The molecular formula is C21H24N2O5. The molecule has 1 atom stereocenters. The lowest BCUT2D eigenvalue weighted by Crippen LogP contribution is -2.34. The van der Waals surface area contributed by atoms with Gasteiger partial charge in [0, 0.05) is 17.3 Å². The molecule has 2 amide bonds. The second-order valence-electron chi connectivity index (χ2n) is 6.77. The van der Waals surface area contributed by atoms with Gasteiger partial charge in [-0.1, -0.05) is 6.07 Å². The van der Waals surface area contributed by atoms with Gasteiger partial charge in [-0.25, -0.2) is 4.79 Å². The third-order valence-corrected chi connectivity index (χ3v) is 4.50. The monoisotopic (exact) mass is 384 g/mol. The number of amides is 2. The molecule has 0 radical (unpaired) electrons. The number of cyclic esters (lactones) is 1. The van der Waals surface area contributed by atoms with Crippen molar-refractivity contribution in [2.24, 2.45) is 0 Å². The van der Waals surface area contributed by atoms with Crippen molar-refractivity contribution in [2.45, 2.75) is 20.0 Å². The molecule has 0 spiro atoms. The zero-order valence-electron chi connectivity index (χ0n) is 16.4. The SMILES string of the molecule is COc1cc(OC)cc(C(=O)NCC2CN(c3cc(C)cc(C)c3)C(=O)O2)c1. The molecule has 2 aromatic carbocycles. The summed E-state index contributed by atoms with van der Waals surface area (Å²) in [4.78, 5) is 26.3. The van der Waals surface area contributed by atoms with Gasteiger partial charge in [0.15, 0.2) is 0 Å². The van der Waals surface area contributed by atoms with E-state index < -0.39 is 12.2 Å². The van der Waals surface area contributed by atoms with E-state index in [0.29, 0.717) is 23.6 Å². The van der Waals surface area contributed by atoms with Crippen molar-refractivity contribution >= 4 is 17.7 Å². The molecule has 0 aliphatic carbocycles. The molecule has 1 fully saturated rings. The van der Waals surface area contributed by atoms with Crippen LogP contribution in [0.2, 0.25) is 0 Å². The fourth-order valence-electron chi connectivity index (χ4n) is 3.19. The van der Waals surface area contributed by atoms with E-state index in [1.165, 1.54) is 14.2 Å². The van der Waals surface area contributed by atoms with Crippen molar-refractivity contribution in [3.05, 3.63) is 53.1 Å². The van der Waals surface area contributed by atoms with Crippen LogP contribution in [-0.2, 0) is 4.74 Å². The molecule has 7 heteroatoms. The highest BCUT2D eigenvalue weighted by molar-refractivity contribution is 5.95. The lowest BCUT2D eigenvalue weighted by molar-refractivity contribution is 0.0915. The molecule has 1 unspecified atom stereocenters. The average Bonchev–Trinajstić information content (AvgIpc) is 3.05. The summed E-state index contributed by atoms with van der Waals surface area (Å²) in [5, 5.41) is 2.80. The topological polar surface area (TPSA) is 77.1 Å². The summed E-state index contributed by atoms with van der Waals surface area (Å²) in [6.07, 6.45) is -0.836. The highest BCUT2D eigenvalue weighted by atomic mass is 16.6. The Morgan fingerprint density at radius 2 is 1.68 bits per heavy atom. The number of hydrogen-bond donors (Lipinski definition) is 1. The molecule has 148 valence electrons. The normalized spacial score (nSPS) is 15.9. The van der Waals surface area contributed by atoms with E-state index in [9.17, 15) is 9.59 Å². The molecule has 1 heterocycles. The molecule has 1 N–H and O–H groups in total. The zero-order valence-corrected chi connectivity index (χ0v) is 16.4. The van der Waals surface area contributed by atoms with Gasteiger partial charge in [0.25, 0.3) is 5.91 Å². The molecule has 2 aromatic rings. The van der Waals surface area contributed by atoms with Crippen LogP contribution in [0.5, 0.6) is 11.5 Å². The number of hydrogen-bond acceptors (Lipinski definition) is 5. The van der Waals surface area contributed by atoms with Gasteiger partial charge < -0.3 is 19.5 Å². The Labute approximate surface area is 164 Å². The third-order valence-electron chi connectivity index (χ3n) is 4.50. The Kier molecular flexibility index (Phi) is 5.73.